The molecule has 1 aliphatic heterocycles. The fourth-order valence-electron chi connectivity index (χ4n) is 4.87. The molecule has 0 radical (unpaired) electrons. The number of benzene rings is 3. The van der Waals surface area contributed by atoms with Gasteiger partial charge in [-0.3, -0.25) is 9.82 Å². The average molecular weight is 565 g/mol. The lowest BCUT2D eigenvalue weighted by atomic mass is 9.80. The van der Waals surface area contributed by atoms with Gasteiger partial charge < -0.3 is 5.32 Å². The molecule has 2 aromatic heterocycles. The van der Waals surface area contributed by atoms with Crippen LogP contribution in [0.3, 0.4) is 0 Å². The molecule has 0 aliphatic carbocycles. The summed E-state index contributed by atoms with van der Waals surface area (Å²) in [6.07, 6.45) is 0. The van der Waals surface area contributed by atoms with Crippen molar-refractivity contribution in [3.8, 4) is 17.3 Å². The predicted molar refractivity (Wildman–Crippen MR) is 157 cm³/mol. The van der Waals surface area contributed by atoms with Crippen LogP contribution < -0.4 is 10.0 Å². The molecule has 0 saturated carbocycles. The highest BCUT2D eigenvalue weighted by Crippen LogP contribution is 2.48. The molecule has 10 heteroatoms. The van der Waals surface area contributed by atoms with Gasteiger partial charge in [0.2, 0.25) is 0 Å². The maximum absolute atomic E-state index is 13.0. The number of nitrogens with zero attached hydrogens (tertiary/aromatic N) is 3. The fourth-order valence-corrected chi connectivity index (χ4v) is 7.08. The summed E-state index contributed by atoms with van der Waals surface area (Å²) in [5.41, 5.74) is 6.23. The molecular formula is C30H24N6O2S2. The number of hydrogen-bond acceptors (Lipinski definition) is 7. The lowest BCUT2D eigenvalue weighted by Gasteiger charge is -2.27. The quantitative estimate of drug-likeness (QED) is 0.218. The average Bonchev–Trinajstić information content (AvgIpc) is 3.55. The Balaban J connectivity index is 1.46. The van der Waals surface area contributed by atoms with Crippen LogP contribution in [0.25, 0.3) is 17.0 Å². The number of aromatic nitrogens is 3. The minimum absolute atomic E-state index is 0.152. The summed E-state index contributed by atoms with van der Waals surface area (Å²) in [6, 6.07) is 28.8. The van der Waals surface area contributed by atoms with Crippen LogP contribution in [-0.2, 0) is 10.0 Å². The number of hydrogen-bond donors (Lipinski definition) is 3. The van der Waals surface area contributed by atoms with Gasteiger partial charge in [0.25, 0.3) is 10.0 Å². The van der Waals surface area contributed by atoms with Crippen molar-refractivity contribution < 1.29 is 8.42 Å². The standard InChI is InChI=1S/C30H24N6O2S2/c1-18-13-15-22(16-14-18)40(37,38)36-30-32-19(2)28(39-30)27-23(17-31)24(20-9-5-3-6-10-20)25-26(34-35-29(25)33-27)21-11-7-4-8-12-21/h3-16,24H,1-2H3,(H,32,36)(H2,33,34,35). The number of rotatable bonds is 6. The first-order valence-electron chi connectivity index (χ1n) is 12.5. The van der Waals surface area contributed by atoms with Crippen LogP contribution in [0.5, 0.6) is 0 Å². The van der Waals surface area contributed by atoms with Crippen LogP contribution in [-0.4, -0.2) is 23.6 Å². The van der Waals surface area contributed by atoms with Crippen molar-refractivity contribution in [2.24, 2.45) is 0 Å². The minimum Gasteiger partial charge on any atom is -0.336 e. The SMILES string of the molecule is Cc1ccc(S(=O)(=O)Nc2nc(C)c(C3=C(C#N)C(c4ccccc4)c4c(n[nH]c4-c4ccccc4)N3)s2)cc1. The molecule has 3 aromatic carbocycles. The second-order valence-electron chi connectivity index (χ2n) is 9.45. The summed E-state index contributed by atoms with van der Waals surface area (Å²) in [5, 5.41) is 21.9. The fraction of sp³-hybridized carbons (Fsp3) is 0.100. The van der Waals surface area contributed by atoms with E-state index in [9.17, 15) is 13.7 Å². The Morgan fingerprint density at radius 3 is 2.30 bits per heavy atom. The first kappa shape index (κ1) is 25.6. The molecule has 1 unspecified atom stereocenters. The van der Waals surface area contributed by atoms with E-state index in [1.54, 1.807) is 31.2 Å². The number of allylic oxidation sites excluding steroid dienone is 1. The third-order valence-electron chi connectivity index (χ3n) is 6.79. The molecule has 0 saturated heterocycles. The number of thiazole rings is 1. The van der Waals surface area contributed by atoms with E-state index in [2.05, 4.69) is 31.3 Å². The van der Waals surface area contributed by atoms with Gasteiger partial charge in [-0.05, 0) is 37.1 Å². The predicted octanol–water partition coefficient (Wildman–Crippen LogP) is 6.44. The number of H-pyrrole nitrogens is 1. The van der Waals surface area contributed by atoms with E-state index in [1.807, 2.05) is 67.6 Å². The monoisotopic (exact) mass is 564 g/mol. The molecule has 1 aliphatic rings. The van der Waals surface area contributed by atoms with Crippen LogP contribution in [0.4, 0.5) is 10.9 Å². The number of anilines is 2. The summed E-state index contributed by atoms with van der Waals surface area (Å²) in [4.78, 5) is 5.32. The summed E-state index contributed by atoms with van der Waals surface area (Å²) >= 11 is 1.17. The van der Waals surface area contributed by atoms with Crippen LogP contribution >= 0.6 is 11.3 Å². The summed E-state index contributed by atoms with van der Waals surface area (Å²) in [6.45, 7) is 3.69. The first-order valence-corrected chi connectivity index (χ1v) is 14.8. The molecule has 3 N–H and O–H groups in total. The number of nitrogens with one attached hydrogen (secondary N) is 3. The Bertz CT molecular complexity index is 1890. The maximum atomic E-state index is 13.0. The lowest BCUT2D eigenvalue weighted by Crippen LogP contribution is -2.17. The van der Waals surface area contributed by atoms with Gasteiger partial charge in [-0.1, -0.05) is 89.7 Å². The number of fused-ring (bicyclic) bond motifs is 1. The second-order valence-corrected chi connectivity index (χ2v) is 12.1. The number of nitriles is 1. The van der Waals surface area contributed by atoms with Gasteiger partial charge in [0, 0.05) is 5.56 Å². The number of sulfonamides is 1. The van der Waals surface area contributed by atoms with Gasteiger partial charge in [0.05, 0.1) is 44.4 Å². The van der Waals surface area contributed by atoms with Crippen LogP contribution in [0, 0.1) is 25.2 Å². The van der Waals surface area contributed by atoms with Crippen molar-refractivity contribution in [2.75, 3.05) is 10.0 Å². The normalized spacial score (nSPS) is 14.8. The van der Waals surface area contributed by atoms with Gasteiger partial charge in [0.15, 0.2) is 10.9 Å². The Labute approximate surface area is 236 Å². The second kappa shape index (κ2) is 10.1. The van der Waals surface area contributed by atoms with E-state index in [0.29, 0.717) is 27.7 Å². The minimum atomic E-state index is -3.83. The molecular weight excluding hydrogens is 541 g/mol. The van der Waals surface area contributed by atoms with Crippen LogP contribution in [0.1, 0.15) is 33.2 Å². The number of aryl methyl sites for hydroxylation is 2. The summed E-state index contributed by atoms with van der Waals surface area (Å²) in [7, 11) is -3.83. The summed E-state index contributed by atoms with van der Waals surface area (Å²) < 4.78 is 28.7. The molecule has 3 heterocycles. The van der Waals surface area contributed by atoms with E-state index in [-0.39, 0.29) is 10.0 Å². The Morgan fingerprint density at radius 2 is 1.62 bits per heavy atom. The van der Waals surface area contributed by atoms with Gasteiger partial charge in [-0.15, -0.1) is 0 Å². The molecule has 0 fully saturated rings. The van der Waals surface area contributed by atoms with E-state index < -0.39 is 15.9 Å². The van der Waals surface area contributed by atoms with Crippen molar-refractivity contribution in [3.05, 3.63) is 118 Å². The van der Waals surface area contributed by atoms with Crippen LogP contribution in [0.15, 0.2) is 95.4 Å². The van der Waals surface area contributed by atoms with Crippen LogP contribution in [0.2, 0.25) is 0 Å². The summed E-state index contributed by atoms with van der Waals surface area (Å²) in [5.74, 6) is 0.205. The zero-order valence-electron chi connectivity index (χ0n) is 21.6. The molecule has 1 atom stereocenters. The zero-order chi connectivity index (χ0) is 27.9. The molecule has 6 rings (SSSR count). The van der Waals surface area contributed by atoms with Gasteiger partial charge in [-0.2, -0.15) is 10.4 Å². The number of aromatic amines is 1. The van der Waals surface area contributed by atoms with E-state index in [0.717, 1.165) is 27.9 Å². The highest BCUT2D eigenvalue weighted by molar-refractivity contribution is 7.93. The Kier molecular flexibility index (Phi) is 6.46. The van der Waals surface area contributed by atoms with Crippen molar-refractivity contribution in [3.63, 3.8) is 0 Å². The van der Waals surface area contributed by atoms with E-state index in [4.69, 9.17) is 0 Å². The zero-order valence-corrected chi connectivity index (χ0v) is 23.3. The maximum Gasteiger partial charge on any atom is 0.263 e. The highest BCUT2D eigenvalue weighted by atomic mass is 32.2. The van der Waals surface area contributed by atoms with E-state index in [1.165, 1.54) is 11.3 Å². The van der Waals surface area contributed by atoms with Gasteiger partial charge >= 0.3 is 0 Å². The third-order valence-corrected chi connectivity index (χ3v) is 9.36. The molecule has 0 spiro atoms. The Morgan fingerprint density at radius 1 is 0.950 bits per heavy atom. The first-order chi connectivity index (χ1) is 19.4. The highest BCUT2D eigenvalue weighted by Gasteiger charge is 2.36. The van der Waals surface area contributed by atoms with Crippen molar-refractivity contribution in [1.82, 2.24) is 15.2 Å². The van der Waals surface area contributed by atoms with E-state index >= 15 is 0 Å². The lowest BCUT2D eigenvalue weighted by molar-refractivity contribution is 0.601. The Hall–Kier alpha value is -4.72. The van der Waals surface area contributed by atoms with Crippen molar-refractivity contribution >= 4 is 38.0 Å². The molecule has 40 heavy (non-hydrogen) atoms. The van der Waals surface area contributed by atoms with Crippen molar-refractivity contribution in [1.29, 1.82) is 5.26 Å². The van der Waals surface area contributed by atoms with Gasteiger partial charge in [-0.25, -0.2) is 13.4 Å². The molecule has 5 aromatic rings. The van der Waals surface area contributed by atoms with Gasteiger partial charge in [0.1, 0.15) is 0 Å². The third kappa shape index (κ3) is 4.55. The van der Waals surface area contributed by atoms with Crippen molar-refractivity contribution in [2.45, 2.75) is 24.7 Å². The molecule has 0 bridgehead atoms. The largest absolute Gasteiger partial charge is 0.336 e. The smallest absolute Gasteiger partial charge is 0.263 e. The molecule has 198 valence electrons. The topological polar surface area (TPSA) is 124 Å². The molecule has 0 amide bonds. The molecule has 8 nitrogen and oxygen atoms in total.